The monoisotopic (exact) mass is 247 g/mol. The van der Waals surface area contributed by atoms with Crippen LogP contribution >= 0.6 is 0 Å². The Labute approximate surface area is 108 Å². The summed E-state index contributed by atoms with van der Waals surface area (Å²) >= 11 is 0. The van der Waals surface area contributed by atoms with Crippen molar-refractivity contribution in [2.24, 2.45) is 5.92 Å². The van der Waals surface area contributed by atoms with Crippen molar-refractivity contribution in [3.8, 4) is 5.75 Å². The second kappa shape index (κ2) is 5.89. The molecule has 1 amide bonds. The largest absolute Gasteiger partial charge is 0.508 e. The molecule has 3 heteroatoms. The highest BCUT2D eigenvalue weighted by Gasteiger charge is 2.21. The van der Waals surface area contributed by atoms with Crippen LogP contribution in [0.15, 0.2) is 24.3 Å². The van der Waals surface area contributed by atoms with Gasteiger partial charge in [0.15, 0.2) is 0 Å². The van der Waals surface area contributed by atoms with Crippen molar-refractivity contribution in [2.75, 3.05) is 0 Å². The number of amides is 1. The van der Waals surface area contributed by atoms with Crippen LogP contribution in [0.25, 0.3) is 0 Å². The molecular formula is C15H21NO2. The van der Waals surface area contributed by atoms with Gasteiger partial charge < -0.3 is 10.4 Å². The van der Waals surface area contributed by atoms with Crippen LogP contribution < -0.4 is 5.32 Å². The molecule has 1 aromatic carbocycles. The zero-order valence-corrected chi connectivity index (χ0v) is 10.9. The number of phenols is 1. The lowest BCUT2D eigenvalue weighted by Crippen LogP contribution is -2.38. The Hall–Kier alpha value is -1.51. The first kappa shape index (κ1) is 12.9. The molecule has 2 atom stereocenters. The third-order valence-electron chi connectivity index (χ3n) is 3.81. The molecule has 0 aromatic heterocycles. The quantitative estimate of drug-likeness (QED) is 0.789. The van der Waals surface area contributed by atoms with Gasteiger partial charge in [-0.25, -0.2) is 0 Å². The van der Waals surface area contributed by atoms with Gasteiger partial charge in [-0.3, -0.25) is 4.79 Å². The van der Waals surface area contributed by atoms with E-state index >= 15 is 0 Å². The predicted molar refractivity (Wildman–Crippen MR) is 71.6 cm³/mol. The van der Waals surface area contributed by atoms with Crippen LogP contribution in [0.4, 0.5) is 0 Å². The van der Waals surface area contributed by atoms with Gasteiger partial charge in [0.2, 0.25) is 0 Å². The fourth-order valence-electron chi connectivity index (χ4n) is 2.57. The van der Waals surface area contributed by atoms with Crippen LogP contribution in [0, 0.1) is 5.92 Å². The van der Waals surface area contributed by atoms with Crippen LogP contribution in [0.2, 0.25) is 0 Å². The molecule has 0 heterocycles. The second-order valence-electron chi connectivity index (χ2n) is 5.24. The van der Waals surface area contributed by atoms with Crippen molar-refractivity contribution >= 4 is 5.91 Å². The Morgan fingerprint density at radius 1 is 1.17 bits per heavy atom. The molecule has 3 nitrogen and oxygen atoms in total. The number of hydrogen-bond acceptors (Lipinski definition) is 2. The maximum Gasteiger partial charge on any atom is 0.251 e. The number of hydrogen-bond donors (Lipinski definition) is 2. The van der Waals surface area contributed by atoms with Gasteiger partial charge in [0, 0.05) is 11.6 Å². The average Bonchev–Trinajstić information content (AvgIpc) is 2.56. The molecule has 2 N–H and O–H groups in total. The van der Waals surface area contributed by atoms with Crippen LogP contribution in [0.3, 0.4) is 0 Å². The van der Waals surface area contributed by atoms with E-state index in [0.717, 1.165) is 6.42 Å². The summed E-state index contributed by atoms with van der Waals surface area (Å²) < 4.78 is 0. The smallest absolute Gasteiger partial charge is 0.251 e. The first-order valence-corrected chi connectivity index (χ1v) is 6.76. The van der Waals surface area contributed by atoms with Crippen molar-refractivity contribution in [2.45, 2.75) is 45.1 Å². The summed E-state index contributed by atoms with van der Waals surface area (Å²) in [6.45, 7) is 2.22. The summed E-state index contributed by atoms with van der Waals surface area (Å²) in [5.74, 6) is 0.705. The Morgan fingerprint density at radius 3 is 2.56 bits per heavy atom. The fraction of sp³-hybridized carbons (Fsp3) is 0.533. The minimum atomic E-state index is -0.0336. The molecule has 0 radical (unpaired) electrons. The summed E-state index contributed by atoms with van der Waals surface area (Å²) in [5.41, 5.74) is 0.615. The Morgan fingerprint density at radius 2 is 1.83 bits per heavy atom. The van der Waals surface area contributed by atoms with Gasteiger partial charge in [0.05, 0.1) is 0 Å². The van der Waals surface area contributed by atoms with Crippen molar-refractivity contribution in [3.05, 3.63) is 29.8 Å². The lowest BCUT2D eigenvalue weighted by Gasteiger charge is -2.22. The standard InChI is InChI=1S/C15H21NO2/c1-11-5-3-2-4-6-14(11)16-15(18)12-7-9-13(17)10-8-12/h7-11,14,17H,2-6H2,1H3,(H,16,18). The first-order chi connectivity index (χ1) is 8.66. The van der Waals surface area contributed by atoms with Crippen LogP contribution in [-0.4, -0.2) is 17.1 Å². The maximum atomic E-state index is 12.1. The molecule has 2 rings (SSSR count). The summed E-state index contributed by atoms with van der Waals surface area (Å²) in [6, 6.07) is 6.70. The molecule has 1 aromatic rings. The number of carbonyl (C=O) groups is 1. The average molecular weight is 247 g/mol. The molecule has 1 fully saturated rings. The molecule has 2 unspecified atom stereocenters. The molecule has 1 aliphatic carbocycles. The topological polar surface area (TPSA) is 49.3 Å². The van der Waals surface area contributed by atoms with E-state index in [2.05, 4.69) is 12.2 Å². The Bertz CT molecular complexity index is 399. The second-order valence-corrected chi connectivity index (χ2v) is 5.24. The van der Waals surface area contributed by atoms with Crippen LogP contribution in [0.5, 0.6) is 5.75 Å². The minimum absolute atomic E-state index is 0.0336. The van der Waals surface area contributed by atoms with Crippen molar-refractivity contribution in [1.82, 2.24) is 5.32 Å². The van der Waals surface area contributed by atoms with Crippen LogP contribution in [0.1, 0.15) is 49.4 Å². The molecule has 1 saturated carbocycles. The molecule has 0 bridgehead atoms. The Kier molecular flexibility index (Phi) is 4.24. The summed E-state index contributed by atoms with van der Waals surface area (Å²) in [6.07, 6.45) is 6.01. The third kappa shape index (κ3) is 3.25. The van der Waals surface area contributed by atoms with Crippen molar-refractivity contribution in [3.63, 3.8) is 0 Å². The fourth-order valence-corrected chi connectivity index (χ4v) is 2.57. The van der Waals surface area contributed by atoms with E-state index in [-0.39, 0.29) is 17.7 Å². The van der Waals surface area contributed by atoms with Gasteiger partial charge in [-0.05, 0) is 43.0 Å². The van der Waals surface area contributed by atoms with Crippen molar-refractivity contribution in [1.29, 1.82) is 0 Å². The molecule has 0 saturated heterocycles. The molecule has 98 valence electrons. The number of aromatic hydroxyl groups is 1. The van der Waals surface area contributed by atoms with E-state index in [0.29, 0.717) is 11.5 Å². The normalized spacial score (nSPS) is 24.3. The molecular weight excluding hydrogens is 226 g/mol. The van der Waals surface area contributed by atoms with Gasteiger partial charge in [0.25, 0.3) is 5.91 Å². The first-order valence-electron chi connectivity index (χ1n) is 6.76. The van der Waals surface area contributed by atoms with E-state index in [4.69, 9.17) is 0 Å². The molecule has 1 aliphatic rings. The highest BCUT2D eigenvalue weighted by atomic mass is 16.3. The Balaban J connectivity index is 1.99. The predicted octanol–water partition coefficient (Wildman–Crippen LogP) is 3.09. The highest BCUT2D eigenvalue weighted by Crippen LogP contribution is 2.23. The van der Waals surface area contributed by atoms with E-state index in [1.807, 2.05) is 0 Å². The van der Waals surface area contributed by atoms with E-state index < -0.39 is 0 Å². The zero-order chi connectivity index (χ0) is 13.0. The van der Waals surface area contributed by atoms with Crippen LogP contribution in [-0.2, 0) is 0 Å². The van der Waals surface area contributed by atoms with Gasteiger partial charge in [-0.2, -0.15) is 0 Å². The maximum absolute atomic E-state index is 12.1. The third-order valence-corrected chi connectivity index (χ3v) is 3.81. The van der Waals surface area contributed by atoms with Crippen molar-refractivity contribution < 1.29 is 9.90 Å². The number of rotatable bonds is 2. The number of nitrogens with one attached hydrogen (secondary N) is 1. The van der Waals surface area contributed by atoms with Gasteiger partial charge >= 0.3 is 0 Å². The molecule has 0 spiro atoms. The molecule has 0 aliphatic heterocycles. The number of phenolic OH excluding ortho intramolecular Hbond substituents is 1. The minimum Gasteiger partial charge on any atom is -0.508 e. The zero-order valence-electron chi connectivity index (χ0n) is 10.9. The number of benzene rings is 1. The summed E-state index contributed by atoms with van der Waals surface area (Å²) in [4.78, 5) is 12.1. The van der Waals surface area contributed by atoms with E-state index in [9.17, 15) is 9.90 Å². The lowest BCUT2D eigenvalue weighted by molar-refractivity contribution is 0.0921. The lowest BCUT2D eigenvalue weighted by atomic mass is 9.96. The van der Waals surface area contributed by atoms with Gasteiger partial charge in [-0.1, -0.05) is 26.2 Å². The van der Waals surface area contributed by atoms with E-state index in [1.54, 1.807) is 24.3 Å². The SMILES string of the molecule is CC1CCCCCC1NC(=O)c1ccc(O)cc1. The van der Waals surface area contributed by atoms with E-state index in [1.165, 1.54) is 25.7 Å². The number of carbonyl (C=O) groups excluding carboxylic acids is 1. The molecule has 18 heavy (non-hydrogen) atoms. The summed E-state index contributed by atoms with van der Waals surface area (Å²) in [7, 11) is 0. The van der Waals surface area contributed by atoms with Gasteiger partial charge in [0.1, 0.15) is 5.75 Å². The summed E-state index contributed by atoms with van der Waals surface area (Å²) in [5, 5.41) is 12.3. The highest BCUT2D eigenvalue weighted by molar-refractivity contribution is 5.94. The van der Waals surface area contributed by atoms with Gasteiger partial charge in [-0.15, -0.1) is 0 Å².